The maximum Gasteiger partial charge on any atom is 0.258 e. The predicted octanol–water partition coefficient (Wildman–Crippen LogP) is 2.27. The molecule has 3 nitrogen and oxygen atoms in total. The van der Waals surface area contributed by atoms with Crippen LogP contribution in [0.5, 0.6) is 0 Å². The van der Waals surface area contributed by atoms with E-state index in [1.165, 1.54) is 24.3 Å². The zero-order chi connectivity index (χ0) is 12.4. The van der Waals surface area contributed by atoms with Gasteiger partial charge in [0.15, 0.2) is 0 Å². The molecule has 0 aliphatic carbocycles. The Morgan fingerprint density at radius 2 is 1.81 bits per heavy atom. The van der Waals surface area contributed by atoms with Crippen LogP contribution in [0.15, 0.2) is 29.2 Å². The van der Waals surface area contributed by atoms with Crippen molar-refractivity contribution in [1.82, 2.24) is 4.72 Å². The Hall–Kier alpha value is -0.720. The monoisotopic (exact) mass is 269 g/mol. The smallest absolute Gasteiger partial charge is 0.207 e. The molecule has 0 aliphatic rings. The third-order valence-corrected chi connectivity index (χ3v) is 3.37. The Kier molecular flexibility index (Phi) is 3.88. The molecule has 16 heavy (non-hydrogen) atoms. The molecule has 0 fully saturated rings. The highest BCUT2D eigenvalue weighted by Crippen LogP contribution is 2.15. The summed E-state index contributed by atoms with van der Waals surface area (Å²) in [6, 6.07) is 5.25. The van der Waals surface area contributed by atoms with E-state index >= 15 is 0 Å². The molecule has 0 atom stereocenters. The third kappa shape index (κ3) is 4.03. The van der Waals surface area contributed by atoms with Crippen LogP contribution in [0, 0.1) is 0 Å². The summed E-state index contributed by atoms with van der Waals surface area (Å²) in [5, 5.41) is 0.375. The van der Waals surface area contributed by atoms with Crippen LogP contribution in [-0.4, -0.2) is 20.9 Å². The van der Waals surface area contributed by atoms with Crippen molar-refractivity contribution < 1.29 is 17.2 Å². The van der Waals surface area contributed by atoms with Gasteiger partial charge >= 0.3 is 0 Å². The Morgan fingerprint density at radius 1 is 1.31 bits per heavy atom. The van der Waals surface area contributed by atoms with Gasteiger partial charge in [-0.15, -0.1) is 0 Å². The molecule has 0 radical (unpaired) electrons. The summed E-state index contributed by atoms with van der Waals surface area (Å²) in [7, 11) is -3.90. The second kappa shape index (κ2) is 4.65. The predicted molar refractivity (Wildman–Crippen MR) is 57.3 cm³/mol. The maximum atomic E-state index is 12.5. The summed E-state index contributed by atoms with van der Waals surface area (Å²) >= 11 is 5.58. The molecular weight excluding hydrogens is 260 g/mol. The van der Waals surface area contributed by atoms with Gasteiger partial charge in [-0.25, -0.2) is 21.9 Å². The number of halogens is 3. The lowest BCUT2D eigenvalue weighted by Crippen LogP contribution is -2.34. The van der Waals surface area contributed by atoms with E-state index in [9.17, 15) is 17.2 Å². The van der Waals surface area contributed by atoms with Crippen molar-refractivity contribution >= 4 is 21.6 Å². The Labute approximate surface area is 97.5 Å². The van der Waals surface area contributed by atoms with E-state index in [2.05, 4.69) is 0 Å². The normalized spacial score (nSPS) is 12.8. The van der Waals surface area contributed by atoms with Gasteiger partial charge in [-0.2, -0.15) is 0 Å². The second-order valence-electron chi connectivity index (χ2n) is 3.35. The number of hydrogen-bond donors (Lipinski definition) is 1. The van der Waals surface area contributed by atoms with Crippen LogP contribution in [0.3, 0.4) is 0 Å². The largest absolute Gasteiger partial charge is 0.258 e. The molecular formula is C9H10ClF2NO2S. The van der Waals surface area contributed by atoms with Gasteiger partial charge in [-0.1, -0.05) is 11.6 Å². The van der Waals surface area contributed by atoms with Gasteiger partial charge in [0.05, 0.1) is 11.4 Å². The van der Waals surface area contributed by atoms with E-state index in [0.29, 0.717) is 11.9 Å². The molecule has 0 heterocycles. The number of rotatable bonds is 4. The second-order valence-corrected chi connectivity index (χ2v) is 5.55. The van der Waals surface area contributed by atoms with E-state index in [0.717, 1.165) is 0 Å². The molecule has 1 aromatic rings. The summed E-state index contributed by atoms with van der Waals surface area (Å²) < 4.78 is 49.8. The van der Waals surface area contributed by atoms with Crippen molar-refractivity contribution in [2.45, 2.75) is 17.7 Å². The first-order valence-corrected chi connectivity index (χ1v) is 6.20. The lowest BCUT2D eigenvalue weighted by atomic mass is 10.4. The van der Waals surface area contributed by atoms with Gasteiger partial charge in [0.2, 0.25) is 10.0 Å². The molecule has 0 saturated carbocycles. The number of alkyl halides is 2. The van der Waals surface area contributed by atoms with Crippen molar-refractivity contribution in [2.75, 3.05) is 6.54 Å². The quantitative estimate of drug-likeness (QED) is 0.911. The molecule has 1 rings (SSSR count). The van der Waals surface area contributed by atoms with Gasteiger partial charge in [0.1, 0.15) is 0 Å². The van der Waals surface area contributed by atoms with Crippen LogP contribution in [0.25, 0.3) is 0 Å². The van der Waals surface area contributed by atoms with Crippen molar-refractivity contribution in [2.24, 2.45) is 0 Å². The topological polar surface area (TPSA) is 46.2 Å². The van der Waals surface area contributed by atoms with Gasteiger partial charge in [0.25, 0.3) is 5.92 Å². The fourth-order valence-electron chi connectivity index (χ4n) is 0.919. The molecule has 0 aliphatic heterocycles. The molecule has 0 amide bonds. The first-order valence-electron chi connectivity index (χ1n) is 4.34. The summed E-state index contributed by atoms with van der Waals surface area (Å²) in [5.74, 6) is -3.08. The Morgan fingerprint density at radius 3 is 2.25 bits per heavy atom. The molecule has 0 aromatic heterocycles. The van der Waals surface area contributed by atoms with Crippen LogP contribution in [0.2, 0.25) is 5.02 Å². The summed E-state index contributed by atoms with van der Waals surface area (Å²) in [6.45, 7) is -0.296. The summed E-state index contributed by atoms with van der Waals surface area (Å²) in [6.07, 6.45) is 0. The minimum atomic E-state index is -3.90. The molecule has 1 N–H and O–H groups in total. The summed E-state index contributed by atoms with van der Waals surface area (Å²) in [5.41, 5.74) is 0. The minimum absolute atomic E-state index is 0.0962. The highest BCUT2D eigenvalue weighted by Gasteiger charge is 2.24. The Balaban J connectivity index is 2.83. The number of sulfonamides is 1. The number of benzene rings is 1. The molecule has 90 valence electrons. The Bertz CT molecular complexity index is 453. The van der Waals surface area contributed by atoms with E-state index in [1.54, 1.807) is 0 Å². The summed E-state index contributed by atoms with van der Waals surface area (Å²) in [4.78, 5) is -0.0962. The standard InChI is InChI=1S/C9H10ClF2NO2S/c1-9(11,12)6-13-16(14,15)8-4-2-7(10)3-5-8/h2-5,13H,6H2,1H3. The van der Waals surface area contributed by atoms with Gasteiger partial charge in [-0.3, -0.25) is 0 Å². The number of nitrogens with one attached hydrogen (secondary N) is 1. The first-order chi connectivity index (χ1) is 7.21. The zero-order valence-electron chi connectivity index (χ0n) is 8.38. The van der Waals surface area contributed by atoms with E-state index in [4.69, 9.17) is 11.6 Å². The van der Waals surface area contributed by atoms with E-state index < -0.39 is 22.5 Å². The van der Waals surface area contributed by atoms with Crippen LogP contribution in [0.1, 0.15) is 6.92 Å². The van der Waals surface area contributed by atoms with Crippen LogP contribution in [-0.2, 0) is 10.0 Å². The molecule has 7 heteroatoms. The van der Waals surface area contributed by atoms with Crippen molar-refractivity contribution in [3.63, 3.8) is 0 Å². The fraction of sp³-hybridized carbons (Fsp3) is 0.333. The third-order valence-electron chi connectivity index (χ3n) is 1.70. The lowest BCUT2D eigenvalue weighted by Gasteiger charge is -2.11. The highest BCUT2D eigenvalue weighted by molar-refractivity contribution is 7.89. The molecule has 0 saturated heterocycles. The molecule has 1 aromatic carbocycles. The van der Waals surface area contributed by atoms with Crippen LogP contribution < -0.4 is 4.72 Å². The molecule has 0 bridgehead atoms. The van der Waals surface area contributed by atoms with Crippen LogP contribution in [0.4, 0.5) is 8.78 Å². The fourth-order valence-corrected chi connectivity index (χ4v) is 2.15. The minimum Gasteiger partial charge on any atom is -0.207 e. The number of hydrogen-bond acceptors (Lipinski definition) is 2. The zero-order valence-corrected chi connectivity index (χ0v) is 9.95. The van der Waals surface area contributed by atoms with Crippen molar-refractivity contribution in [3.05, 3.63) is 29.3 Å². The maximum absolute atomic E-state index is 12.5. The average molecular weight is 270 g/mol. The first kappa shape index (κ1) is 13.3. The average Bonchev–Trinajstić information content (AvgIpc) is 2.15. The SMILES string of the molecule is CC(F)(F)CNS(=O)(=O)c1ccc(Cl)cc1. The van der Waals surface area contributed by atoms with Crippen molar-refractivity contribution in [3.8, 4) is 0 Å². The molecule has 0 spiro atoms. The van der Waals surface area contributed by atoms with Gasteiger partial charge in [0, 0.05) is 11.9 Å². The van der Waals surface area contributed by atoms with Crippen molar-refractivity contribution in [1.29, 1.82) is 0 Å². The highest BCUT2D eigenvalue weighted by atomic mass is 35.5. The van der Waals surface area contributed by atoms with E-state index in [-0.39, 0.29) is 4.90 Å². The molecule has 0 unspecified atom stereocenters. The van der Waals surface area contributed by atoms with Gasteiger partial charge in [-0.05, 0) is 24.3 Å². The van der Waals surface area contributed by atoms with Crippen LogP contribution >= 0.6 is 11.6 Å². The van der Waals surface area contributed by atoms with E-state index in [1.807, 2.05) is 4.72 Å². The lowest BCUT2D eigenvalue weighted by molar-refractivity contribution is 0.0281. The van der Waals surface area contributed by atoms with Gasteiger partial charge < -0.3 is 0 Å².